The van der Waals surface area contributed by atoms with E-state index in [0.717, 1.165) is 16.8 Å². The maximum atomic E-state index is 12.0. The molecule has 1 N–H and O–H groups in total. The molecule has 2 rings (SSSR count). The van der Waals surface area contributed by atoms with Crippen molar-refractivity contribution >= 4 is 18.1 Å². The second kappa shape index (κ2) is 6.52. The van der Waals surface area contributed by atoms with Crippen molar-refractivity contribution in [2.75, 3.05) is 12.4 Å². The Morgan fingerprint density at radius 2 is 1.30 bits per heavy atom. The van der Waals surface area contributed by atoms with Gasteiger partial charge in [0.15, 0.2) is 0 Å². The van der Waals surface area contributed by atoms with Gasteiger partial charge in [-0.1, -0.05) is 24.3 Å². The minimum absolute atomic E-state index is 0. The van der Waals surface area contributed by atoms with E-state index in [-0.39, 0.29) is 18.2 Å². The van der Waals surface area contributed by atoms with Crippen LogP contribution < -0.4 is 10.1 Å². The van der Waals surface area contributed by atoms with Gasteiger partial charge in [-0.05, 0) is 35.4 Å². The molecule has 108 valence electrons. The molecule has 0 aliphatic rings. The summed E-state index contributed by atoms with van der Waals surface area (Å²) in [6, 6.07) is 13.4. The van der Waals surface area contributed by atoms with Crippen molar-refractivity contribution in [2.24, 2.45) is 0 Å². The number of nitrogens with one attached hydrogen (secondary N) is 1. The Morgan fingerprint density at radius 1 is 0.850 bits per heavy atom. The minimum Gasteiger partial charge on any atom is -0.406 e. The molecular formula is C14H13ClF3NO. The first kappa shape index (κ1) is 16.2. The molecular weight excluding hydrogens is 291 g/mol. The fraction of sp³-hybridized carbons (Fsp3) is 0.143. The zero-order chi connectivity index (χ0) is 13.9. The SMILES string of the molecule is CNc1ccc(-c2ccc(OC(F)(F)F)cc2)cc1.Cl. The predicted octanol–water partition coefficient (Wildman–Crippen LogP) is 4.72. The summed E-state index contributed by atoms with van der Waals surface area (Å²) in [4.78, 5) is 0. The van der Waals surface area contributed by atoms with Gasteiger partial charge in [-0.3, -0.25) is 0 Å². The monoisotopic (exact) mass is 303 g/mol. The standard InChI is InChI=1S/C14H12F3NO.ClH/c1-18-12-6-2-10(3-7-12)11-4-8-13(9-5-11)19-14(15,16)17;/h2-9,18H,1H3;1H. The zero-order valence-electron chi connectivity index (χ0n) is 10.6. The molecule has 0 radical (unpaired) electrons. The molecule has 0 saturated heterocycles. The third-order valence-electron chi connectivity index (χ3n) is 2.59. The topological polar surface area (TPSA) is 21.3 Å². The first-order chi connectivity index (χ1) is 8.98. The van der Waals surface area contributed by atoms with E-state index in [2.05, 4.69) is 10.1 Å². The fourth-order valence-corrected chi connectivity index (χ4v) is 1.68. The van der Waals surface area contributed by atoms with Crippen molar-refractivity contribution < 1.29 is 17.9 Å². The molecule has 2 aromatic carbocycles. The largest absolute Gasteiger partial charge is 0.573 e. The van der Waals surface area contributed by atoms with Gasteiger partial charge >= 0.3 is 6.36 Å². The van der Waals surface area contributed by atoms with Crippen molar-refractivity contribution in [1.82, 2.24) is 0 Å². The van der Waals surface area contributed by atoms with Crippen LogP contribution >= 0.6 is 12.4 Å². The summed E-state index contributed by atoms with van der Waals surface area (Å²) in [5, 5.41) is 3.00. The van der Waals surface area contributed by atoms with E-state index in [4.69, 9.17) is 0 Å². The number of hydrogen-bond acceptors (Lipinski definition) is 2. The van der Waals surface area contributed by atoms with E-state index in [1.807, 2.05) is 31.3 Å². The summed E-state index contributed by atoms with van der Waals surface area (Å²) in [5.74, 6) is -0.219. The Labute approximate surface area is 121 Å². The molecule has 2 nitrogen and oxygen atoms in total. The predicted molar refractivity (Wildman–Crippen MR) is 75.4 cm³/mol. The second-order valence-corrected chi connectivity index (χ2v) is 3.90. The summed E-state index contributed by atoms with van der Waals surface area (Å²) in [6.45, 7) is 0. The normalized spacial score (nSPS) is 10.6. The molecule has 0 saturated carbocycles. The van der Waals surface area contributed by atoms with Crippen LogP contribution in [0.1, 0.15) is 0 Å². The Kier molecular flexibility index (Phi) is 5.27. The Hall–Kier alpha value is -1.88. The number of anilines is 1. The van der Waals surface area contributed by atoms with E-state index in [0.29, 0.717) is 0 Å². The van der Waals surface area contributed by atoms with Crippen LogP contribution in [0, 0.1) is 0 Å². The van der Waals surface area contributed by atoms with Crippen LogP contribution in [-0.2, 0) is 0 Å². The zero-order valence-corrected chi connectivity index (χ0v) is 11.4. The molecule has 0 amide bonds. The first-order valence-electron chi connectivity index (χ1n) is 5.62. The number of benzene rings is 2. The van der Waals surface area contributed by atoms with Crippen LogP contribution in [-0.4, -0.2) is 13.4 Å². The van der Waals surface area contributed by atoms with E-state index in [9.17, 15) is 13.2 Å². The van der Waals surface area contributed by atoms with Gasteiger partial charge in [-0.25, -0.2) is 0 Å². The van der Waals surface area contributed by atoms with Crippen molar-refractivity contribution in [3.8, 4) is 16.9 Å². The molecule has 0 fully saturated rings. The van der Waals surface area contributed by atoms with Gasteiger partial charge in [0.2, 0.25) is 0 Å². The van der Waals surface area contributed by atoms with Crippen molar-refractivity contribution in [3.05, 3.63) is 48.5 Å². The molecule has 0 spiro atoms. The van der Waals surface area contributed by atoms with Gasteiger partial charge in [-0.15, -0.1) is 25.6 Å². The van der Waals surface area contributed by atoms with Crippen LogP contribution in [0.4, 0.5) is 18.9 Å². The average Bonchev–Trinajstić information content (AvgIpc) is 2.38. The highest BCUT2D eigenvalue weighted by Crippen LogP contribution is 2.27. The summed E-state index contributed by atoms with van der Waals surface area (Å²) in [5.41, 5.74) is 2.73. The van der Waals surface area contributed by atoms with Crippen molar-refractivity contribution in [2.45, 2.75) is 6.36 Å². The minimum atomic E-state index is -4.66. The van der Waals surface area contributed by atoms with Crippen molar-refractivity contribution in [3.63, 3.8) is 0 Å². The van der Waals surface area contributed by atoms with Crippen LogP contribution in [0.5, 0.6) is 5.75 Å². The molecule has 0 atom stereocenters. The number of ether oxygens (including phenoxy) is 1. The summed E-state index contributed by atoms with van der Waals surface area (Å²) >= 11 is 0. The lowest BCUT2D eigenvalue weighted by molar-refractivity contribution is -0.274. The molecule has 0 unspecified atom stereocenters. The van der Waals surface area contributed by atoms with Crippen LogP contribution in [0.25, 0.3) is 11.1 Å². The van der Waals surface area contributed by atoms with Crippen LogP contribution in [0.3, 0.4) is 0 Å². The molecule has 2 aromatic rings. The maximum Gasteiger partial charge on any atom is 0.573 e. The van der Waals surface area contributed by atoms with Gasteiger partial charge in [0.05, 0.1) is 0 Å². The second-order valence-electron chi connectivity index (χ2n) is 3.90. The number of halogens is 4. The molecule has 20 heavy (non-hydrogen) atoms. The Morgan fingerprint density at radius 3 is 1.70 bits per heavy atom. The number of rotatable bonds is 3. The Bertz CT molecular complexity index is 538. The maximum absolute atomic E-state index is 12.0. The van der Waals surface area contributed by atoms with E-state index in [1.54, 1.807) is 12.1 Å². The van der Waals surface area contributed by atoms with Crippen LogP contribution in [0.2, 0.25) is 0 Å². The lowest BCUT2D eigenvalue weighted by atomic mass is 10.1. The summed E-state index contributed by atoms with van der Waals surface area (Å²) in [7, 11) is 1.82. The van der Waals surface area contributed by atoms with Gasteiger partial charge in [0.1, 0.15) is 5.75 Å². The summed E-state index contributed by atoms with van der Waals surface area (Å²) in [6.07, 6.45) is -4.66. The van der Waals surface area contributed by atoms with Crippen LogP contribution in [0.15, 0.2) is 48.5 Å². The fourth-order valence-electron chi connectivity index (χ4n) is 1.68. The molecule has 0 bridgehead atoms. The average molecular weight is 304 g/mol. The Balaban J connectivity index is 0.00000200. The lowest BCUT2D eigenvalue weighted by Gasteiger charge is -2.09. The molecule has 0 aliphatic carbocycles. The smallest absolute Gasteiger partial charge is 0.406 e. The van der Waals surface area contributed by atoms with Crippen molar-refractivity contribution in [1.29, 1.82) is 0 Å². The quantitative estimate of drug-likeness (QED) is 0.886. The van der Waals surface area contributed by atoms with E-state index < -0.39 is 6.36 Å². The van der Waals surface area contributed by atoms with Gasteiger partial charge in [-0.2, -0.15) is 0 Å². The molecule has 6 heteroatoms. The third kappa shape index (κ3) is 4.35. The molecule has 0 aliphatic heterocycles. The van der Waals surface area contributed by atoms with Gasteiger partial charge in [0, 0.05) is 12.7 Å². The first-order valence-corrected chi connectivity index (χ1v) is 5.62. The summed E-state index contributed by atoms with van der Waals surface area (Å²) < 4.78 is 39.9. The third-order valence-corrected chi connectivity index (χ3v) is 2.59. The number of hydrogen-bond donors (Lipinski definition) is 1. The van der Waals surface area contributed by atoms with Gasteiger partial charge in [0.25, 0.3) is 0 Å². The molecule has 0 heterocycles. The number of alkyl halides is 3. The highest BCUT2D eigenvalue weighted by atomic mass is 35.5. The molecule has 0 aromatic heterocycles. The van der Waals surface area contributed by atoms with E-state index >= 15 is 0 Å². The van der Waals surface area contributed by atoms with E-state index in [1.165, 1.54) is 12.1 Å². The highest BCUT2D eigenvalue weighted by molar-refractivity contribution is 5.85. The highest BCUT2D eigenvalue weighted by Gasteiger charge is 2.30. The lowest BCUT2D eigenvalue weighted by Crippen LogP contribution is -2.16. The van der Waals surface area contributed by atoms with Gasteiger partial charge < -0.3 is 10.1 Å².